The highest BCUT2D eigenvalue weighted by atomic mass is 35.5. The maximum atomic E-state index is 6.24. The van der Waals surface area contributed by atoms with Crippen LogP contribution in [0.15, 0.2) is 97.1 Å². The molecule has 8 nitrogen and oxygen atoms in total. The van der Waals surface area contributed by atoms with E-state index in [0.29, 0.717) is 13.2 Å². The minimum absolute atomic E-state index is 0. The number of aromatic nitrogens is 4. The van der Waals surface area contributed by atoms with Crippen LogP contribution in [-0.4, -0.2) is 97.5 Å². The SMILES string of the molecule is C[N+](C)(C)CCCOc1cccc(C2=c3ccc([nH]3)=Cc3ccc([nH]3)C(c3cccc(OCCC[N+](C)(C)C)c3)=c3ccc([nH]3)=Cc3ccc2[nH]3)c1.[Cl-].[Cl-]. The molecule has 284 valence electrons. The van der Waals surface area contributed by atoms with E-state index in [2.05, 4.69) is 159 Å². The van der Waals surface area contributed by atoms with E-state index in [-0.39, 0.29) is 24.8 Å². The molecule has 10 heteroatoms. The van der Waals surface area contributed by atoms with Crippen LogP contribution in [0.25, 0.3) is 23.3 Å². The lowest BCUT2D eigenvalue weighted by atomic mass is 10.0. The van der Waals surface area contributed by atoms with Crippen LogP contribution >= 0.6 is 0 Å². The molecular formula is C44H52Cl2N6O2. The molecular weight excluding hydrogens is 715 g/mol. The molecule has 0 amide bonds. The standard InChI is InChI=1S/C44H52N6O2.2ClH/c1-49(2,3)23-9-25-51-37-13-7-11-31(27-37)43-39-19-15-33(45-39)29-35-17-21-41(47-35)44(42-22-18-36(48-42)30-34-16-20-40(43)46-34)32-12-8-14-38(28-32)52-26-10-24-50(4,5)6;;/h7-8,11-22,27-30,45-48H,9-10,23-26H2,1-6H3;2*1H/q+2;;/p-2. The van der Waals surface area contributed by atoms with Gasteiger partial charge >= 0.3 is 0 Å². The number of rotatable bonds is 12. The molecule has 1 aliphatic rings. The van der Waals surface area contributed by atoms with Crippen LogP contribution in [0.1, 0.15) is 46.7 Å². The van der Waals surface area contributed by atoms with Crippen LogP contribution < -0.4 is 55.7 Å². The van der Waals surface area contributed by atoms with E-state index in [1.807, 2.05) is 12.1 Å². The van der Waals surface area contributed by atoms with E-state index in [1.165, 1.54) is 0 Å². The molecule has 0 spiro atoms. The van der Waals surface area contributed by atoms with Gasteiger partial charge in [-0.25, -0.2) is 0 Å². The normalized spacial score (nSPS) is 12.6. The number of hydrogen-bond donors (Lipinski definition) is 4. The first-order chi connectivity index (χ1) is 25.0. The van der Waals surface area contributed by atoms with Crippen molar-refractivity contribution in [3.8, 4) is 11.5 Å². The number of nitrogens with zero attached hydrogens (tertiary/aromatic N) is 2. The van der Waals surface area contributed by atoms with Crippen molar-refractivity contribution >= 4 is 23.3 Å². The molecule has 4 N–H and O–H groups in total. The van der Waals surface area contributed by atoms with Gasteiger partial charge in [-0.05, 0) is 96.1 Å². The number of halogens is 2. The smallest absolute Gasteiger partial charge is 0.119 e. The first-order valence-corrected chi connectivity index (χ1v) is 18.2. The van der Waals surface area contributed by atoms with Crippen molar-refractivity contribution in [3.63, 3.8) is 0 Å². The molecule has 2 aromatic carbocycles. The highest BCUT2D eigenvalue weighted by Gasteiger charge is 2.14. The second kappa shape index (κ2) is 17.1. The molecule has 0 saturated carbocycles. The molecule has 0 fully saturated rings. The quantitative estimate of drug-likeness (QED) is 0.0897. The monoisotopic (exact) mass is 766 g/mol. The van der Waals surface area contributed by atoms with Gasteiger partial charge in [-0.3, -0.25) is 0 Å². The number of nitrogens with one attached hydrogen (secondary N) is 4. The third-order valence-corrected chi connectivity index (χ3v) is 9.26. The summed E-state index contributed by atoms with van der Waals surface area (Å²) in [5.74, 6) is 1.74. The van der Waals surface area contributed by atoms with E-state index in [4.69, 9.17) is 9.47 Å². The molecule has 54 heavy (non-hydrogen) atoms. The van der Waals surface area contributed by atoms with E-state index >= 15 is 0 Å². The molecule has 1 aliphatic heterocycles. The van der Waals surface area contributed by atoms with E-state index in [9.17, 15) is 0 Å². The second-order valence-electron chi connectivity index (χ2n) is 15.8. The Morgan fingerprint density at radius 2 is 0.907 bits per heavy atom. The molecule has 0 unspecified atom stereocenters. The topological polar surface area (TPSA) is 81.6 Å². The van der Waals surface area contributed by atoms with Crippen molar-refractivity contribution < 1.29 is 43.3 Å². The molecule has 0 atom stereocenters. The van der Waals surface area contributed by atoms with Crippen LogP contribution in [0.3, 0.4) is 0 Å². The molecule has 5 heterocycles. The summed E-state index contributed by atoms with van der Waals surface area (Å²) < 4.78 is 14.3. The molecule has 0 saturated heterocycles. The van der Waals surface area contributed by atoms with Crippen LogP contribution in [0.4, 0.5) is 0 Å². The fourth-order valence-corrected chi connectivity index (χ4v) is 6.76. The average Bonchev–Trinajstić information content (AvgIpc) is 3.92. The van der Waals surface area contributed by atoms with E-state index in [0.717, 1.165) is 113 Å². The summed E-state index contributed by atoms with van der Waals surface area (Å²) >= 11 is 0. The Labute approximate surface area is 330 Å². The molecule has 0 aliphatic carbocycles. The summed E-state index contributed by atoms with van der Waals surface area (Å²) in [4.78, 5) is 14.8. The summed E-state index contributed by atoms with van der Waals surface area (Å²) in [7, 11) is 13.3. The fourth-order valence-electron chi connectivity index (χ4n) is 6.76. The summed E-state index contributed by atoms with van der Waals surface area (Å²) in [6.45, 7) is 3.49. The lowest BCUT2D eigenvalue weighted by Gasteiger charge is -2.23. The zero-order valence-electron chi connectivity index (χ0n) is 32.1. The van der Waals surface area contributed by atoms with Gasteiger partial charge in [-0.15, -0.1) is 0 Å². The molecule has 8 bridgehead atoms. The Hall–Kier alpha value is -4.86. The van der Waals surface area contributed by atoms with Crippen molar-refractivity contribution in [1.82, 2.24) is 19.9 Å². The first kappa shape index (κ1) is 40.3. The van der Waals surface area contributed by atoms with Crippen LogP contribution in [0.5, 0.6) is 11.5 Å². The van der Waals surface area contributed by atoms with Gasteiger partial charge in [0.1, 0.15) is 11.5 Å². The predicted octanol–water partition coefficient (Wildman–Crippen LogP) is -1.58. The minimum atomic E-state index is 0. The van der Waals surface area contributed by atoms with Crippen molar-refractivity contribution in [2.45, 2.75) is 12.8 Å². The summed E-state index contributed by atoms with van der Waals surface area (Å²) in [6, 6.07) is 34.0. The summed E-state index contributed by atoms with van der Waals surface area (Å²) in [5.41, 5.74) is 8.38. The Morgan fingerprint density at radius 1 is 0.481 bits per heavy atom. The molecule has 7 rings (SSSR count). The van der Waals surface area contributed by atoms with Crippen molar-refractivity contribution in [2.24, 2.45) is 0 Å². The second-order valence-corrected chi connectivity index (χ2v) is 15.8. The third kappa shape index (κ3) is 10.2. The number of ether oxygens (including phenoxy) is 2. The third-order valence-electron chi connectivity index (χ3n) is 9.26. The zero-order chi connectivity index (χ0) is 36.3. The van der Waals surface area contributed by atoms with Gasteiger partial charge in [-0.1, -0.05) is 24.3 Å². The number of benzene rings is 2. The number of hydrogen-bond acceptors (Lipinski definition) is 2. The molecule has 4 aromatic heterocycles. The zero-order valence-corrected chi connectivity index (χ0v) is 33.6. The van der Waals surface area contributed by atoms with Crippen LogP contribution in [-0.2, 0) is 0 Å². The maximum Gasteiger partial charge on any atom is 0.119 e. The largest absolute Gasteiger partial charge is 1.00 e. The van der Waals surface area contributed by atoms with Gasteiger partial charge in [-0.2, -0.15) is 0 Å². The molecule has 0 radical (unpaired) electrons. The number of quaternary nitrogens is 2. The Kier molecular flexibility index (Phi) is 12.8. The van der Waals surface area contributed by atoms with Gasteiger partial charge in [0.05, 0.1) is 68.6 Å². The number of fused-ring (bicyclic) bond motifs is 8. The van der Waals surface area contributed by atoms with Gasteiger partial charge in [0.2, 0.25) is 0 Å². The van der Waals surface area contributed by atoms with E-state index in [1.54, 1.807) is 0 Å². The minimum Gasteiger partial charge on any atom is -1.00 e. The summed E-state index contributed by atoms with van der Waals surface area (Å²) in [5, 5.41) is 4.06. The van der Waals surface area contributed by atoms with Gasteiger partial charge < -0.3 is 63.2 Å². The Balaban J connectivity index is 0.00000280. The van der Waals surface area contributed by atoms with Gasteiger partial charge in [0, 0.05) is 68.2 Å². The Morgan fingerprint density at radius 3 is 1.31 bits per heavy atom. The highest BCUT2D eigenvalue weighted by Crippen LogP contribution is 2.26. The highest BCUT2D eigenvalue weighted by molar-refractivity contribution is 5.80. The molecule has 6 aromatic rings. The van der Waals surface area contributed by atoms with Crippen molar-refractivity contribution in [3.05, 3.63) is 152 Å². The summed E-state index contributed by atoms with van der Waals surface area (Å²) in [6.07, 6.45) is 6.30. The lowest BCUT2D eigenvalue weighted by molar-refractivity contribution is -0.870. The van der Waals surface area contributed by atoms with E-state index < -0.39 is 0 Å². The number of H-pyrrole nitrogens is 4. The maximum absolute atomic E-state index is 6.24. The number of aromatic amines is 4. The van der Waals surface area contributed by atoms with Crippen LogP contribution in [0.2, 0.25) is 0 Å². The predicted molar refractivity (Wildman–Crippen MR) is 211 cm³/mol. The lowest BCUT2D eigenvalue weighted by Crippen LogP contribution is -3.00. The first-order valence-electron chi connectivity index (χ1n) is 18.2. The average molecular weight is 768 g/mol. The Bertz CT molecular complexity index is 2250. The van der Waals surface area contributed by atoms with Crippen molar-refractivity contribution in [1.29, 1.82) is 0 Å². The fraction of sp³-hybridized carbons (Fsp3) is 0.273. The van der Waals surface area contributed by atoms with Crippen LogP contribution in [0, 0.1) is 0 Å². The van der Waals surface area contributed by atoms with Gasteiger partial charge in [0.15, 0.2) is 0 Å². The van der Waals surface area contributed by atoms with Gasteiger partial charge in [0.25, 0.3) is 0 Å². The van der Waals surface area contributed by atoms with Crippen molar-refractivity contribution in [2.75, 3.05) is 68.6 Å².